The van der Waals surface area contributed by atoms with Crippen molar-refractivity contribution in [2.45, 2.75) is 19.1 Å². The van der Waals surface area contributed by atoms with E-state index in [0.29, 0.717) is 0 Å². The lowest BCUT2D eigenvalue weighted by molar-refractivity contribution is -0.174. The molecule has 1 aromatic rings. The van der Waals surface area contributed by atoms with Crippen molar-refractivity contribution in [2.24, 2.45) is 14.1 Å². The monoisotopic (exact) mass is 320 g/mol. The molecule has 1 atom stereocenters. The van der Waals surface area contributed by atoms with E-state index in [-0.39, 0.29) is 18.0 Å². The average Bonchev–Trinajstić information content (AvgIpc) is 2.41. The minimum atomic E-state index is -4.44. The Balaban J connectivity index is 2.97. The lowest BCUT2D eigenvalue weighted by atomic mass is 10.3. The molecule has 0 aliphatic heterocycles. The van der Waals surface area contributed by atoms with Gasteiger partial charge in [0.1, 0.15) is 18.5 Å². The molecule has 0 spiro atoms. The lowest BCUT2D eigenvalue weighted by Gasteiger charge is -2.19. The van der Waals surface area contributed by atoms with Gasteiger partial charge in [-0.15, -0.1) is 0 Å². The van der Waals surface area contributed by atoms with E-state index < -0.39 is 30.1 Å². The third kappa shape index (κ3) is 4.11. The zero-order valence-corrected chi connectivity index (χ0v) is 12.2. The maximum Gasteiger partial charge on any atom is 0.411 e. The van der Waals surface area contributed by atoms with Crippen LogP contribution in [0.2, 0.25) is 0 Å². The standard InChI is InChI=1S/C12H15F3N4O3/c1-7(5-22-6-12(13,14)15)17-9-8(4-16)10(20)19(3)11(21)18(9)2/h7,17H,5-6H2,1-3H3/t7-/m0/s1. The van der Waals surface area contributed by atoms with Gasteiger partial charge in [0, 0.05) is 20.1 Å². The van der Waals surface area contributed by atoms with Crippen molar-refractivity contribution < 1.29 is 17.9 Å². The van der Waals surface area contributed by atoms with Crippen LogP contribution in [-0.4, -0.2) is 34.6 Å². The third-order valence-corrected chi connectivity index (χ3v) is 2.79. The number of aromatic nitrogens is 2. The molecule has 0 radical (unpaired) electrons. The summed E-state index contributed by atoms with van der Waals surface area (Å²) in [5.41, 5.74) is -1.74. The number of nitriles is 1. The van der Waals surface area contributed by atoms with Gasteiger partial charge in [0.05, 0.1) is 6.61 Å². The molecule has 10 heteroatoms. The fraction of sp³-hybridized carbons (Fsp3) is 0.583. The number of alkyl halides is 3. The molecule has 0 aliphatic rings. The summed E-state index contributed by atoms with van der Waals surface area (Å²) < 4.78 is 42.3. The average molecular weight is 320 g/mol. The van der Waals surface area contributed by atoms with E-state index in [1.165, 1.54) is 21.0 Å². The Morgan fingerprint density at radius 2 is 1.91 bits per heavy atom. The second-order valence-corrected chi connectivity index (χ2v) is 4.72. The number of hydrogen-bond acceptors (Lipinski definition) is 5. The van der Waals surface area contributed by atoms with Crippen LogP contribution >= 0.6 is 0 Å². The summed E-state index contributed by atoms with van der Waals surface area (Å²) in [6, 6.07) is 1.04. The molecule has 1 rings (SSSR count). The van der Waals surface area contributed by atoms with Crippen molar-refractivity contribution >= 4 is 5.82 Å². The van der Waals surface area contributed by atoms with Crippen molar-refractivity contribution in [2.75, 3.05) is 18.5 Å². The minimum Gasteiger partial charge on any atom is -0.370 e. The summed E-state index contributed by atoms with van der Waals surface area (Å²) in [5, 5.41) is 11.7. The van der Waals surface area contributed by atoms with Crippen LogP contribution in [0.1, 0.15) is 12.5 Å². The van der Waals surface area contributed by atoms with Gasteiger partial charge in [0.15, 0.2) is 5.56 Å². The molecule has 1 aromatic heterocycles. The molecule has 0 unspecified atom stereocenters. The van der Waals surface area contributed by atoms with Crippen LogP contribution in [0.3, 0.4) is 0 Å². The summed E-state index contributed by atoms with van der Waals surface area (Å²) in [6.45, 7) is -0.215. The molecule has 122 valence electrons. The first-order valence-electron chi connectivity index (χ1n) is 6.19. The Hall–Kier alpha value is -2.28. The summed E-state index contributed by atoms with van der Waals surface area (Å²) in [5.74, 6) is -0.0568. The van der Waals surface area contributed by atoms with Gasteiger partial charge in [0.25, 0.3) is 5.56 Å². The van der Waals surface area contributed by atoms with Gasteiger partial charge in [-0.3, -0.25) is 13.9 Å². The topological polar surface area (TPSA) is 89.1 Å². The quantitative estimate of drug-likeness (QED) is 0.845. The zero-order chi connectivity index (χ0) is 17.1. The van der Waals surface area contributed by atoms with Crippen LogP contribution in [-0.2, 0) is 18.8 Å². The first-order chi connectivity index (χ1) is 10.1. The number of ether oxygens (including phenoxy) is 1. The predicted octanol–water partition coefficient (Wildman–Crippen LogP) is 0.335. The summed E-state index contributed by atoms with van der Waals surface area (Å²) in [6.07, 6.45) is -4.44. The third-order valence-electron chi connectivity index (χ3n) is 2.79. The number of nitrogens with zero attached hydrogens (tertiary/aromatic N) is 3. The number of anilines is 1. The van der Waals surface area contributed by atoms with E-state index in [1.54, 1.807) is 6.07 Å². The molecular formula is C12H15F3N4O3. The summed E-state index contributed by atoms with van der Waals surface area (Å²) >= 11 is 0. The van der Waals surface area contributed by atoms with Crippen molar-refractivity contribution in [1.29, 1.82) is 5.26 Å². The molecule has 7 nitrogen and oxygen atoms in total. The van der Waals surface area contributed by atoms with Gasteiger partial charge >= 0.3 is 11.9 Å². The molecule has 0 amide bonds. The van der Waals surface area contributed by atoms with Gasteiger partial charge in [-0.05, 0) is 6.92 Å². The maximum atomic E-state index is 12.0. The van der Waals surface area contributed by atoms with Crippen LogP contribution in [0.5, 0.6) is 0 Å². The Bertz CT molecular complexity index is 700. The first-order valence-corrected chi connectivity index (χ1v) is 6.19. The van der Waals surface area contributed by atoms with Crippen molar-refractivity contribution in [3.05, 3.63) is 26.4 Å². The van der Waals surface area contributed by atoms with Crippen molar-refractivity contribution in [3.63, 3.8) is 0 Å². The Morgan fingerprint density at radius 3 is 2.41 bits per heavy atom. The Labute approximate surface area is 123 Å². The molecule has 22 heavy (non-hydrogen) atoms. The second kappa shape index (κ2) is 6.65. The molecule has 0 aromatic carbocycles. The fourth-order valence-corrected chi connectivity index (χ4v) is 1.74. The zero-order valence-electron chi connectivity index (χ0n) is 12.2. The van der Waals surface area contributed by atoms with Crippen LogP contribution in [0.4, 0.5) is 19.0 Å². The Morgan fingerprint density at radius 1 is 1.32 bits per heavy atom. The van der Waals surface area contributed by atoms with Crippen LogP contribution < -0.4 is 16.6 Å². The van der Waals surface area contributed by atoms with Crippen molar-refractivity contribution in [1.82, 2.24) is 9.13 Å². The van der Waals surface area contributed by atoms with E-state index in [0.717, 1.165) is 9.13 Å². The largest absolute Gasteiger partial charge is 0.411 e. The predicted molar refractivity (Wildman–Crippen MR) is 71.6 cm³/mol. The van der Waals surface area contributed by atoms with E-state index in [9.17, 15) is 22.8 Å². The highest BCUT2D eigenvalue weighted by molar-refractivity contribution is 5.51. The molecular weight excluding hydrogens is 305 g/mol. The summed E-state index contributed by atoms with van der Waals surface area (Å²) in [4.78, 5) is 23.6. The minimum absolute atomic E-state index is 0.0568. The van der Waals surface area contributed by atoms with Gasteiger partial charge in [-0.2, -0.15) is 18.4 Å². The SMILES string of the molecule is C[C@@H](COCC(F)(F)F)Nc1c(C#N)c(=O)n(C)c(=O)n1C. The Kier molecular flexibility index (Phi) is 5.38. The van der Waals surface area contributed by atoms with E-state index in [4.69, 9.17) is 5.26 Å². The second-order valence-electron chi connectivity index (χ2n) is 4.72. The summed E-state index contributed by atoms with van der Waals surface area (Å²) in [7, 11) is 2.57. The number of nitrogens with one attached hydrogen (secondary N) is 1. The normalized spacial score (nSPS) is 12.8. The molecule has 0 bridgehead atoms. The van der Waals surface area contributed by atoms with E-state index in [1.807, 2.05) is 0 Å². The van der Waals surface area contributed by atoms with E-state index in [2.05, 4.69) is 10.1 Å². The fourth-order valence-electron chi connectivity index (χ4n) is 1.74. The van der Waals surface area contributed by atoms with Crippen LogP contribution in [0.25, 0.3) is 0 Å². The molecule has 1 heterocycles. The van der Waals surface area contributed by atoms with Gasteiger partial charge in [0.2, 0.25) is 0 Å². The first kappa shape index (κ1) is 17.8. The molecule has 1 N–H and O–H groups in total. The molecule has 0 aliphatic carbocycles. The van der Waals surface area contributed by atoms with Crippen LogP contribution in [0, 0.1) is 11.3 Å². The highest BCUT2D eigenvalue weighted by Gasteiger charge is 2.27. The van der Waals surface area contributed by atoms with Crippen LogP contribution in [0.15, 0.2) is 9.59 Å². The van der Waals surface area contributed by atoms with Gasteiger partial charge in [-0.1, -0.05) is 0 Å². The number of rotatable bonds is 5. The van der Waals surface area contributed by atoms with Crippen molar-refractivity contribution in [3.8, 4) is 6.07 Å². The highest BCUT2D eigenvalue weighted by Crippen LogP contribution is 2.15. The smallest absolute Gasteiger partial charge is 0.370 e. The van der Waals surface area contributed by atoms with Gasteiger partial charge < -0.3 is 10.1 Å². The lowest BCUT2D eigenvalue weighted by Crippen LogP contribution is -2.41. The van der Waals surface area contributed by atoms with Gasteiger partial charge in [-0.25, -0.2) is 4.79 Å². The van der Waals surface area contributed by atoms with E-state index >= 15 is 0 Å². The molecule has 0 saturated heterocycles. The highest BCUT2D eigenvalue weighted by atomic mass is 19.4. The molecule has 0 fully saturated rings. The number of hydrogen-bond donors (Lipinski definition) is 1. The maximum absolute atomic E-state index is 12.0. The number of halogens is 3. The molecule has 0 saturated carbocycles.